The number of hydrogen-bond donors (Lipinski definition) is 1. The molecule has 29 heavy (non-hydrogen) atoms. The molecule has 4 rings (SSSR count). The van der Waals surface area contributed by atoms with E-state index in [2.05, 4.69) is 16.4 Å². The Hall–Kier alpha value is -3.67. The molecule has 1 aliphatic rings. The Bertz CT molecular complexity index is 1060. The van der Waals surface area contributed by atoms with Crippen molar-refractivity contribution in [1.29, 1.82) is 0 Å². The fourth-order valence-electron chi connectivity index (χ4n) is 3.52. The number of nitrogens with one attached hydrogen (secondary N) is 1. The highest BCUT2D eigenvalue weighted by Gasteiger charge is 2.24. The smallest absolute Gasteiger partial charge is 0.337 e. The summed E-state index contributed by atoms with van der Waals surface area (Å²) in [6.07, 6.45) is 3.52. The highest BCUT2D eigenvalue weighted by Crippen LogP contribution is 2.28. The molecule has 0 fully saturated rings. The number of rotatable bonds is 4. The molecule has 3 aromatic rings. The summed E-state index contributed by atoms with van der Waals surface area (Å²) in [6, 6.07) is 18.5. The van der Waals surface area contributed by atoms with Crippen LogP contribution in [0.25, 0.3) is 0 Å². The van der Waals surface area contributed by atoms with Crippen molar-refractivity contribution in [3.63, 3.8) is 0 Å². The third-order valence-electron chi connectivity index (χ3n) is 4.91. The normalized spacial score (nSPS) is 12.8. The quantitative estimate of drug-likeness (QED) is 0.679. The van der Waals surface area contributed by atoms with Gasteiger partial charge in [0.2, 0.25) is 0 Å². The molecule has 0 saturated heterocycles. The lowest BCUT2D eigenvalue weighted by molar-refractivity contribution is 0.0600. The molecule has 0 bridgehead atoms. The largest absolute Gasteiger partial charge is 0.465 e. The van der Waals surface area contributed by atoms with Crippen LogP contribution in [0.5, 0.6) is 0 Å². The first-order valence-corrected chi connectivity index (χ1v) is 9.47. The van der Waals surface area contributed by atoms with E-state index >= 15 is 0 Å². The number of para-hydroxylation sites is 1. The van der Waals surface area contributed by atoms with Gasteiger partial charge in [0.25, 0.3) is 5.91 Å². The fraction of sp³-hybridized carbons (Fsp3) is 0.174. The predicted octanol–water partition coefficient (Wildman–Crippen LogP) is 4.20. The first kappa shape index (κ1) is 18.7. The van der Waals surface area contributed by atoms with Gasteiger partial charge in [-0.2, -0.15) is 0 Å². The number of pyridine rings is 1. The number of benzene rings is 2. The third kappa shape index (κ3) is 3.96. The minimum absolute atomic E-state index is 0.121. The van der Waals surface area contributed by atoms with Crippen LogP contribution < -0.4 is 10.2 Å². The second kappa shape index (κ2) is 8.14. The Morgan fingerprint density at radius 1 is 1.03 bits per heavy atom. The van der Waals surface area contributed by atoms with Gasteiger partial charge in [0, 0.05) is 29.8 Å². The van der Waals surface area contributed by atoms with Gasteiger partial charge in [-0.1, -0.05) is 24.3 Å². The maximum Gasteiger partial charge on any atom is 0.337 e. The number of ether oxygens (including phenoxy) is 1. The van der Waals surface area contributed by atoms with E-state index in [0.29, 0.717) is 17.8 Å². The van der Waals surface area contributed by atoms with Crippen LogP contribution in [-0.4, -0.2) is 30.5 Å². The lowest BCUT2D eigenvalue weighted by Gasteiger charge is -2.29. The minimum atomic E-state index is -0.400. The summed E-state index contributed by atoms with van der Waals surface area (Å²) in [5, 5.41) is 3.22. The first-order valence-electron chi connectivity index (χ1n) is 9.47. The molecule has 1 aromatic heterocycles. The van der Waals surface area contributed by atoms with Crippen LogP contribution in [0.15, 0.2) is 66.9 Å². The zero-order valence-electron chi connectivity index (χ0n) is 16.1. The van der Waals surface area contributed by atoms with Crippen molar-refractivity contribution < 1.29 is 14.3 Å². The molecule has 0 saturated carbocycles. The Kier molecular flexibility index (Phi) is 5.24. The van der Waals surface area contributed by atoms with Gasteiger partial charge in [0.1, 0.15) is 5.69 Å². The Balaban J connectivity index is 1.57. The van der Waals surface area contributed by atoms with Crippen molar-refractivity contribution in [1.82, 2.24) is 4.98 Å². The van der Waals surface area contributed by atoms with Crippen molar-refractivity contribution in [2.45, 2.75) is 12.8 Å². The summed E-state index contributed by atoms with van der Waals surface area (Å²) < 4.78 is 4.76. The molecule has 0 atom stereocenters. The van der Waals surface area contributed by atoms with Crippen LogP contribution in [0.2, 0.25) is 0 Å². The molecular weight excluding hydrogens is 366 g/mol. The molecular formula is C23H21N3O3. The standard InChI is InChI=1S/C23H21N3O3/c1-29-23(28)17-7-4-9-18(14-17)25-19-11-12-24-20(15-19)22(27)26-13-5-8-16-6-2-3-10-21(16)26/h2-4,6-7,9-12,14-15H,5,8,13H2,1H3,(H,24,25). The van der Waals surface area contributed by atoms with Crippen molar-refractivity contribution in [2.24, 2.45) is 0 Å². The number of hydrogen-bond acceptors (Lipinski definition) is 5. The summed E-state index contributed by atoms with van der Waals surface area (Å²) in [6.45, 7) is 0.677. The molecule has 6 heteroatoms. The molecule has 2 aromatic carbocycles. The zero-order valence-corrected chi connectivity index (χ0v) is 16.1. The molecule has 0 aliphatic carbocycles. The Morgan fingerprint density at radius 3 is 2.72 bits per heavy atom. The van der Waals surface area contributed by atoms with Crippen LogP contribution >= 0.6 is 0 Å². The van der Waals surface area contributed by atoms with Gasteiger partial charge in [0.15, 0.2) is 0 Å². The number of esters is 1. The SMILES string of the molecule is COC(=O)c1cccc(Nc2ccnc(C(=O)N3CCCc4ccccc43)c2)c1. The number of anilines is 3. The second-order valence-corrected chi connectivity index (χ2v) is 6.82. The molecule has 6 nitrogen and oxygen atoms in total. The molecule has 1 amide bonds. The van der Waals surface area contributed by atoms with Crippen LogP contribution in [0, 0.1) is 0 Å². The number of fused-ring (bicyclic) bond motifs is 1. The predicted molar refractivity (Wildman–Crippen MR) is 112 cm³/mol. The van der Waals surface area contributed by atoms with E-state index in [9.17, 15) is 9.59 Å². The molecule has 1 aliphatic heterocycles. The molecule has 0 radical (unpaired) electrons. The van der Waals surface area contributed by atoms with Gasteiger partial charge in [-0.15, -0.1) is 0 Å². The topological polar surface area (TPSA) is 71.5 Å². The summed E-state index contributed by atoms with van der Waals surface area (Å²) >= 11 is 0. The first-order chi connectivity index (χ1) is 14.2. The van der Waals surface area contributed by atoms with Gasteiger partial charge in [-0.3, -0.25) is 9.78 Å². The van der Waals surface area contributed by atoms with Crippen molar-refractivity contribution >= 4 is 28.9 Å². The number of methoxy groups -OCH3 is 1. The molecule has 2 heterocycles. The molecule has 0 spiro atoms. The van der Waals surface area contributed by atoms with Crippen LogP contribution in [0.3, 0.4) is 0 Å². The highest BCUT2D eigenvalue weighted by molar-refractivity contribution is 6.06. The summed E-state index contributed by atoms with van der Waals surface area (Å²) in [5.74, 6) is -0.521. The van der Waals surface area contributed by atoms with E-state index in [1.807, 2.05) is 24.3 Å². The van der Waals surface area contributed by atoms with Crippen LogP contribution in [-0.2, 0) is 11.2 Å². The minimum Gasteiger partial charge on any atom is -0.465 e. The van der Waals surface area contributed by atoms with Gasteiger partial charge in [-0.05, 0) is 54.8 Å². The van der Waals surface area contributed by atoms with Gasteiger partial charge in [-0.25, -0.2) is 4.79 Å². The number of aromatic nitrogens is 1. The fourth-order valence-corrected chi connectivity index (χ4v) is 3.52. The van der Waals surface area contributed by atoms with E-state index in [0.717, 1.165) is 29.9 Å². The summed E-state index contributed by atoms with van der Waals surface area (Å²) in [5.41, 5.74) is 4.40. The summed E-state index contributed by atoms with van der Waals surface area (Å²) in [7, 11) is 1.35. The van der Waals surface area contributed by atoms with Crippen LogP contribution in [0.1, 0.15) is 32.8 Å². The number of aryl methyl sites for hydroxylation is 1. The van der Waals surface area contributed by atoms with E-state index in [-0.39, 0.29) is 5.91 Å². The number of carbonyl (C=O) groups excluding carboxylic acids is 2. The van der Waals surface area contributed by atoms with Crippen molar-refractivity contribution in [2.75, 3.05) is 23.9 Å². The number of nitrogens with zero attached hydrogens (tertiary/aromatic N) is 2. The molecule has 146 valence electrons. The van der Waals surface area contributed by atoms with E-state index < -0.39 is 5.97 Å². The van der Waals surface area contributed by atoms with E-state index in [1.165, 1.54) is 12.7 Å². The average Bonchev–Trinajstić information content (AvgIpc) is 2.78. The maximum absolute atomic E-state index is 13.1. The van der Waals surface area contributed by atoms with Gasteiger partial charge < -0.3 is 15.0 Å². The highest BCUT2D eigenvalue weighted by atomic mass is 16.5. The second-order valence-electron chi connectivity index (χ2n) is 6.82. The van der Waals surface area contributed by atoms with Crippen molar-refractivity contribution in [3.05, 3.63) is 83.7 Å². The Labute approximate surface area is 169 Å². The Morgan fingerprint density at radius 2 is 1.86 bits per heavy atom. The van der Waals surface area contributed by atoms with E-state index in [1.54, 1.807) is 41.4 Å². The van der Waals surface area contributed by atoms with Crippen LogP contribution in [0.4, 0.5) is 17.1 Å². The molecule has 0 unspecified atom stereocenters. The summed E-state index contributed by atoms with van der Waals surface area (Å²) in [4.78, 5) is 30.9. The average molecular weight is 387 g/mol. The zero-order chi connectivity index (χ0) is 20.2. The number of carbonyl (C=O) groups is 2. The number of amides is 1. The van der Waals surface area contributed by atoms with Gasteiger partial charge >= 0.3 is 5.97 Å². The third-order valence-corrected chi connectivity index (χ3v) is 4.91. The maximum atomic E-state index is 13.1. The van der Waals surface area contributed by atoms with E-state index in [4.69, 9.17) is 4.74 Å². The lowest BCUT2D eigenvalue weighted by atomic mass is 10.0. The van der Waals surface area contributed by atoms with Gasteiger partial charge in [0.05, 0.1) is 12.7 Å². The lowest BCUT2D eigenvalue weighted by Crippen LogP contribution is -2.35. The monoisotopic (exact) mass is 387 g/mol. The molecule has 1 N–H and O–H groups in total. The van der Waals surface area contributed by atoms with Crippen molar-refractivity contribution in [3.8, 4) is 0 Å².